The van der Waals surface area contributed by atoms with E-state index in [1.165, 1.54) is 0 Å². The Hall–Kier alpha value is -2.67. The van der Waals surface area contributed by atoms with Gasteiger partial charge in [0.15, 0.2) is 0 Å². The summed E-state index contributed by atoms with van der Waals surface area (Å²) in [4.78, 5) is 18.0. The molecule has 1 fully saturated rings. The second-order valence-electron chi connectivity index (χ2n) is 6.50. The number of fused-ring (bicyclic) bond motifs is 1. The molecule has 4 rings (SSSR count). The van der Waals surface area contributed by atoms with Crippen molar-refractivity contribution in [3.05, 3.63) is 47.8 Å². The number of H-pyrrole nitrogens is 1. The van der Waals surface area contributed by atoms with Crippen LogP contribution in [0.4, 0.5) is 0 Å². The van der Waals surface area contributed by atoms with E-state index in [0.29, 0.717) is 37.1 Å². The molecule has 1 amide bonds. The number of ether oxygens (including phenoxy) is 1. The van der Waals surface area contributed by atoms with Crippen molar-refractivity contribution in [1.29, 1.82) is 0 Å². The summed E-state index contributed by atoms with van der Waals surface area (Å²) >= 11 is 0. The molecule has 7 nitrogen and oxygen atoms in total. The van der Waals surface area contributed by atoms with Gasteiger partial charge >= 0.3 is 0 Å². The molecule has 1 atom stereocenters. The summed E-state index contributed by atoms with van der Waals surface area (Å²) in [5.74, 6) is 1.08. The Balaban J connectivity index is 1.64. The van der Waals surface area contributed by atoms with Crippen LogP contribution in [-0.4, -0.2) is 45.7 Å². The number of aromatic amines is 1. The lowest BCUT2D eigenvalue weighted by atomic mass is 10.1. The third-order valence-corrected chi connectivity index (χ3v) is 4.43. The van der Waals surface area contributed by atoms with E-state index in [2.05, 4.69) is 15.2 Å². The van der Waals surface area contributed by atoms with Crippen molar-refractivity contribution in [2.75, 3.05) is 19.8 Å². The maximum Gasteiger partial charge on any atom is 0.254 e. The molecule has 25 heavy (non-hydrogen) atoms. The van der Waals surface area contributed by atoms with E-state index in [-0.39, 0.29) is 17.9 Å². The van der Waals surface area contributed by atoms with Gasteiger partial charge in [0.2, 0.25) is 11.8 Å². The largest absolute Gasteiger partial charge is 0.423 e. The van der Waals surface area contributed by atoms with Crippen LogP contribution in [0.3, 0.4) is 0 Å². The first-order valence-electron chi connectivity index (χ1n) is 8.42. The van der Waals surface area contributed by atoms with Gasteiger partial charge in [-0.2, -0.15) is 0 Å². The first kappa shape index (κ1) is 15.8. The number of aromatic nitrogens is 3. The highest BCUT2D eigenvalue weighted by Crippen LogP contribution is 2.27. The monoisotopic (exact) mass is 340 g/mol. The molecule has 1 aliphatic heterocycles. The number of nitrogens with one attached hydrogen (secondary N) is 1. The fourth-order valence-electron chi connectivity index (χ4n) is 3.01. The highest BCUT2D eigenvalue weighted by Gasteiger charge is 2.33. The van der Waals surface area contributed by atoms with Crippen LogP contribution in [0.25, 0.3) is 10.9 Å². The van der Waals surface area contributed by atoms with Crippen LogP contribution in [0, 0.1) is 0 Å². The Labute approximate surface area is 145 Å². The number of rotatable bonds is 3. The molecule has 3 aromatic rings. The molecule has 0 unspecified atom stereocenters. The number of benzene rings is 1. The molecule has 0 bridgehead atoms. The number of hydrogen-bond donors (Lipinski definition) is 1. The standard InChI is InChI=1S/C18H20N4O3/c1-11(2)16-20-21-17(25-16)15-10-24-8-7-22(15)18(23)13-4-3-12-5-6-19-14(12)9-13/h3-6,9,11,15,19H,7-8,10H2,1-2H3/t15-/m1/s1. The summed E-state index contributed by atoms with van der Waals surface area (Å²) in [5, 5.41) is 9.29. The lowest BCUT2D eigenvalue weighted by Gasteiger charge is -2.33. The minimum absolute atomic E-state index is 0.0610. The van der Waals surface area contributed by atoms with E-state index in [1.807, 2.05) is 44.3 Å². The number of carbonyl (C=O) groups is 1. The summed E-state index contributed by atoms with van der Waals surface area (Å²) in [7, 11) is 0. The lowest BCUT2D eigenvalue weighted by Crippen LogP contribution is -2.43. The van der Waals surface area contributed by atoms with Crippen LogP contribution in [0.15, 0.2) is 34.9 Å². The van der Waals surface area contributed by atoms with Crippen molar-refractivity contribution in [3.8, 4) is 0 Å². The maximum absolute atomic E-state index is 13.1. The van der Waals surface area contributed by atoms with Gasteiger partial charge < -0.3 is 19.0 Å². The van der Waals surface area contributed by atoms with Crippen LogP contribution in [0.5, 0.6) is 0 Å². The van der Waals surface area contributed by atoms with Crippen LogP contribution in [-0.2, 0) is 4.74 Å². The summed E-state index contributed by atoms with van der Waals surface area (Å²) in [5.41, 5.74) is 1.57. The first-order valence-corrected chi connectivity index (χ1v) is 8.42. The van der Waals surface area contributed by atoms with Crippen molar-refractivity contribution in [2.24, 2.45) is 0 Å². The summed E-state index contributed by atoms with van der Waals surface area (Å²) in [6, 6.07) is 7.28. The van der Waals surface area contributed by atoms with E-state index < -0.39 is 0 Å². The Morgan fingerprint density at radius 2 is 2.20 bits per heavy atom. The molecular formula is C18H20N4O3. The Kier molecular flexibility index (Phi) is 4.01. The molecule has 1 aromatic carbocycles. The zero-order valence-corrected chi connectivity index (χ0v) is 14.2. The molecule has 7 heteroatoms. The van der Waals surface area contributed by atoms with Gasteiger partial charge in [-0.25, -0.2) is 0 Å². The topological polar surface area (TPSA) is 84.3 Å². The van der Waals surface area contributed by atoms with Gasteiger partial charge in [0, 0.05) is 29.7 Å². The molecule has 0 aliphatic carbocycles. The molecule has 0 radical (unpaired) electrons. The second-order valence-corrected chi connectivity index (χ2v) is 6.50. The van der Waals surface area contributed by atoms with Crippen LogP contribution >= 0.6 is 0 Å². The SMILES string of the molecule is CC(C)c1nnc([C@H]2COCCN2C(=O)c2ccc3cc[nH]c3c2)o1. The molecule has 3 heterocycles. The predicted octanol–water partition coefficient (Wildman–Crippen LogP) is 2.89. The molecule has 0 saturated carbocycles. The quantitative estimate of drug-likeness (QED) is 0.792. The van der Waals surface area contributed by atoms with Crippen molar-refractivity contribution < 1.29 is 13.9 Å². The van der Waals surface area contributed by atoms with Gasteiger partial charge in [-0.05, 0) is 23.6 Å². The van der Waals surface area contributed by atoms with Gasteiger partial charge in [-0.15, -0.1) is 10.2 Å². The second kappa shape index (κ2) is 6.33. The number of amides is 1. The summed E-state index contributed by atoms with van der Waals surface area (Å²) < 4.78 is 11.3. The van der Waals surface area contributed by atoms with Gasteiger partial charge in [0.25, 0.3) is 5.91 Å². The van der Waals surface area contributed by atoms with Crippen molar-refractivity contribution in [3.63, 3.8) is 0 Å². The Bertz CT molecular complexity index is 899. The van der Waals surface area contributed by atoms with Crippen molar-refractivity contribution >= 4 is 16.8 Å². The highest BCUT2D eigenvalue weighted by atomic mass is 16.5. The van der Waals surface area contributed by atoms with Gasteiger partial charge in [0.1, 0.15) is 6.04 Å². The van der Waals surface area contributed by atoms with E-state index in [1.54, 1.807) is 4.90 Å². The van der Waals surface area contributed by atoms with Crippen molar-refractivity contribution in [1.82, 2.24) is 20.1 Å². The molecule has 2 aromatic heterocycles. The minimum Gasteiger partial charge on any atom is -0.423 e. The predicted molar refractivity (Wildman–Crippen MR) is 91.3 cm³/mol. The minimum atomic E-state index is -0.361. The first-order chi connectivity index (χ1) is 12.1. The lowest BCUT2D eigenvalue weighted by molar-refractivity contribution is -0.0107. The third kappa shape index (κ3) is 2.91. The smallest absolute Gasteiger partial charge is 0.254 e. The van der Waals surface area contributed by atoms with Crippen molar-refractivity contribution in [2.45, 2.75) is 25.8 Å². The van der Waals surface area contributed by atoms with Crippen LogP contribution in [0.1, 0.15) is 47.9 Å². The molecular weight excluding hydrogens is 320 g/mol. The highest BCUT2D eigenvalue weighted by molar-refractivity contribution is 5.98. The number of morpholine rings is 1. The van der Waals surface area contributed by atoms with Crippen LogP contribution in [0.2, 0.25) is 0 Å². The van der Waals surface area contributed by atoms with E-state index in [9.17, 15) is 4.79 Å². The fourth-order valence-corrected chi connectivity index (χ4v) is 3.01. The van der Waals surface area contributed by atoms with Gasteiger partial charge in [0.05, 0.1) is 13.2 Å². The molecule has 0 spiro atoms. The fraction of sp³-hybridized carbons (Fsp3) is 0.389. The van der Waals surface area contributed by atoms with E-state index >= 15 is 0 Å². The Morgan fingerprint density at radius 3 is 3.00 bits per heavy atom. The number of carbonyl (C=O) groups excluding carboxylic acids is 1. The van der Waals surface area contributed by atoms with Crippen LogP contribution < -0.4 is 0 Å². The summed E-state index contributed by atoms with van der Waals surface area (Å²) in [6.45, 7) is 5.33. The molecule has 130 valence electrons. The van der Waals surface area contributed by atoms with Gasteiger partial charge in [-0.3, -0.25) is 4.79 Å². The number of nitrogens with zero attached hydrogens (tertiary/aromatic N) is 3. The van der Waals surface area contributed by atoms with Gasteiger partial charge in [-0.1, -0.05) is 19.9 Å². The normalized spacial score (nSPS) is 18.2. The van der Waals surface area contributed by atoms with E-state index in [0.717, 1.165) is 10.9 Å². The average molecular weight is 340 g/mol. The molecule has 1 N–H and O–H groups in total. The van der Waals surface area contributed by atoms with E-state index in [4.69, 9.17) is 9.15 Å². The average Bonchev–Trinajstić information content (AvgIpc) is 3.29. The maximum atomic E-state index is 13.1. The summed E-state index contributed by atoms with van der Waals surface area (Å²) in [6.07, 6.45) is 1.86. The molecule has 1 saturated heterocycles. The zero-order chi connectivity index (χ0) is 17.4. The third-order valence-electron chi connectivity index (χ3n) is 4.43. The Morgan fingerprint density at radius 1 is 1.32 bits per heavy atom. The zero-order valence-electron chi connectivity index (χ0n) is 14.2. The molecule has 1 aliphatic rings. The number of hydrogen-bond acceptors (Lipinski definition) is 5.